The second kappa shape index (κ2) is 9.22. The minimum atomic E-state index is -0.0908. The minimum Gasteiger partial charge on any atom is -0.489 e. The number of fused-ring (bicyclic) bond motifs is 1. The number of hydrogen-bond acceptors (Lipinski definition) is 4. The fourth-order valence-electron chi connectivity index (χ4n) is 3.85. The van der Waals surface area contributed by atoms with Gasteiger partial charge in [0.15, 0.2) is 4.32 Å². The summed E-state index contributed by atoms with van der Waals surface area (Å²) in [5.74, 6) is 0.694. The molecule has 1 fully saturated rings. The molecule has 0 unspecified atom stereocenters. The lowest BCUT2D eigenvalue weighted by Gasteiger charge is -2.14. The molecule has 33 heavy (non-hydrogen) atoms. The molecule has 1 aliphatic heterocycles. The Morgan fingerprint density at radius 1 is 0.939 bits per heavy atom. The normalized spacial score (nSPS) is 14.9. The van der Waals surface area contributed by atoms with Crippen LogP contribution in [0.1, 0.15) is 16.7 Å². The van der Waals surface area contributed by atoms with Crippen molar-refractivity contribution in [2.45, 2.75) is 13.5 Å². The Labute approximate surface area is 202 Å². The van der Waals surface area contributed by atoms with Crippen molar-refractivity contribution in [3.63, 3.8) is 0 Å². The molecule has 5 heteroatoms. The first-order chi connectivity index (χ1) is 16.1. The van der Waals surface area contributed by atoms with Gasteiger partial charge < -0.3 is 4.74 Å². The van der Waals surface area contributed by atoms with Crippen molar-refractivity contribution >= 4 is 56.7 Å². The maximum atomic E-state index is 13.0. The van der Waals surface area contributed by atoms with E-state index in [1.807, 2.05) is 73.7 Å². The van der Waals surface area contributed by atoms with Crippen molar-refractivity contribution in [2.24, 2.45) is 0 Å². The van der Waals surface area contributed by atoms with Crippen LogP contribution in [-0.2, 0) is 11.4 Å². The Morgan fingerprint density at radius 2 is 1.70 bits per heavy atom. The highest BCUT2D eigenvalue weighted by Gasteiger charge is 2.33. The first-order valence-corrected chi connectivity index (χ1v) is 11.8. The molecule has 1 heterocycles. The van der Waals surface area contributed by atoms with E-state index < -0.39 is 0 Å². The van der Waals surface area contributed by atoms with E-state index in [-0.39, 0.29) is 5.91 Å². The van der Waals surface area contributed by atoms with E-state index in [1.54, 1.807) is 4.90 Å². The van der Waals surface area contributed by atoms with Crippen molar-refractivity contribution in [1.29, 1.82) is 0 Å². The number of thiocarbonyl (C=S) groups is 1. The van der Waals surface area contributed by atoms with Crippen molar-refractivity contribution in [1.82, 2.24) is 0 Å². The van der Waals surface area contributed by atoms with Crippen molar-refractivity contribution in [3.8, 4) is 5.75 Å². The molecule has 4 aromatic rings. The summed E-state index contributed by atoms with van der Waals surface area (Å²) in [6.45, 7) is 2.50. The summed E-state index contributed by atoms with van der Waals surface area (Å²) >= 11 is 6.81. The highest BCUT2D eigenvalue weighted by Crippen LogP contribution is 2.36. The zero-order valence-electron chi connectivity index (χ0n) is 18.0. The average molecular weight is 468 g/mol. The number of benzene rings is 4. The van der Waals surface area contributed by atoms with Gasteiger partial charge in [-0.1, -0.05) is 90.7 Å². The molecular formula is C28H21NO2S2. The lowest BCUT2D eigenvalue weighted by Crippen LogP contribution is -2.27. The number of nitrogens with zero attached hydrogens (tertiary/aromatic N) is 1. The number of amides is 1. The highest BCUT2D eigenvalue weighted by molar-refractivity contribution is 8.27. The maximum Gasteiger partial charge on any atom is 0.270 e. The molecule has 0 radical (unpaired) electrons. The van der Waals surface area contributed by atoms with Gasteiger partial charge in [0.05, 0.1) is 10.6 Å². The van der Waals surface area contributed by atoms with Crippen LogP contribution in [0.2, 0.25) is 0 Å². The SMILES string of the molecule is Cc1cccc(N2C(=O)/C(=C\c3ccc(OCc4cccc5ccccc45)cc3)SC2=S)c1. The molecule has 0 N–H and O–H groups in total. The Balaban J connectivity index is 1.29. The van der Waals surface area contributed by atoms with E-state index >= 15 is 0 Å². The van der Waals surface area contributed by atoms with Gasteiger partial charge in [0.1, 0.15) is 12.4 Å². The summed E-state index contributed by atoms with van der Waals surface area (Å²) in [6.07, 6.45) is 1.88. The molecule has 3 nitrogen and oxygen atoms in total. The number of carbonyl (C=O) groups excluding carboxylic acids is 1. The molecule has 1 aliphatic rings. The number of ether oxygens (including phenoxy) is 1. The molecule has 0 aromatic heterocycles. The van der Waals surface area contributed by atoms with Crippen molar-refractivity contribution in [2.75, 3.05) is 4.90 Å². The van der Waals surface area contributed by atoms with Crippen LogP contribution in [0.25, 0.3) is 16.8 Å². The van der Waals surface area contributed by atoms with Gasteiger partial charge in [-0.2, -0.15) is 0 Å². The predicted molar refractivity (Wildman–Crippen MR) is 142 cm³/mol. The monoisotopic (exact) mass is 467 g/mol. The Hall–Kier alpha value is -3.41. The number of thioether (sulfide) groups is 1. The summed E-state index contributed by atoms with van der Waals surface area (Å²) in [5, 5.41) is 2.41. The molecule has 0 saturated carbocycles. The summed E-state index contributed by atoms with van der Waals surface area (Å²) < 4.78 is 6.58. The predicted octanol–water partition coefficient (Wildman–Crippen LogP) is 7.13. The van der Waals surface area contributed by atoms with Crippen LogP contribution in [0.5, 0.6) is 5.75 Å². The summed E-state index contributed by atoms with van der Waals surface area (Å²) in [7, 11) is 0. The van der Waals surface area contributed by atoms with E-state index in [1.165, 1.54) is 22.5 Å². The van der Waals surface area contributed by atoms with Gasteiger partial charge in [-0.05, 0) is 64.7 Å². The lowest BCUT2D eigenvalue weighted by atomic mass is 10.1. The van der Waals surface area contributed by atoms with Gasteiger partial charge in [0.25, 0.3) is 5.91 Å². The molecular weight excluding hydrogens is 446 g/mol. The van der Waals surface area contributed by atoms with Crippen molar-refractivity contribution in [3.05, 3.63) is 113 Å². The second-order valence-electron chi connectivity index (χ2n) is 7.85. The minimum absolute atomic E-state index is 0.0908. The third-order valence-electron chi connectivity index (χ3n) is 5.51. The quantitative estimate of drug-likeness (QED) is 0.231. The molecule has 1 saturated heterocycles. The molecule has 162 valence electrons. The third kappa shape index (κ3) is 4.56. The van der Waals surface area contributed by atoms with Gasteiger partial charge >= 0.3 is 0 Å². The molecule has 0 atom stereocenters. The number of carbonyl (C=O) groups is 1. The van der Waals surface area contributed by atoms with E-state index in [0.29, 0.717) is 15.8 Å². The van der Waals surface area contributed by atoms with E-state index in [0.717, 1.165) is 28.1 Å². The van der Waals surface area contributed by atoms with Gasteiger partial charge in [-0.15, -0.1) is 0 Å². The maximum absolute atomic E-state index is 13.0. The molecule has 0 spiro atoms. The Morgan fingerprint density at radius 3 is 2.52 bits per heavy atom. The third-order valence-corrected chi connectivity index (χ3v) is 6.81. The van der Waals surface area contributed by atoms with Crippen LogP contribution in [0.3, 0.4) is 0 Å². The van der Waals surface area contributed by atoms with E-state index in [4.69, 9.17) is 17.0 Å². The second-order valence-corrected chi connectivity index (χ2v) is 9.53. The number of rotatable bonds is 5. The van der Waals surface area contributed by atoms with Crippen LogP contribution >= 0.6 is 24.0 Å². The lowest BCUT2D eigenvalue weighted by molar-refractivity contribution is -0.113. The fraction of sp³-hybridized carbons (Fsp3) is 0.0714. The van der Waals surface area contributed by atoms with E-state index in [2.05, 4.69) is 30.3 Å². The zero-order chi connectivity index (χ0) is 22.8. The first kappa shape index (κ1) is 21.4. The first-order valence-electron chi connectivity index (χ1n) is 10.6. The van der Waals surface area contributed by atoms with Gasteiger partial charge in [-0.25, -0.2) is 0 Å². The van der Waals surface area contributed by atoms with Crippen LogP contribution in [0, 0.1) is 6.92 Å². The largest absolute Gasteiger partial charge is 0.489 e. The van der Waals surface area contributed by atoms with Crippen LogP contribution < -0.4 is 9.64 Å². The van der Waals surface area contributed by atoms with Gasteiger partial charge in [-0.3, -0.25) is 9.69 Å². The zero-order valence-corrected chi connectivity index (χ0v) is 19.7. The molecule has 0 aliphatic carbocycles. The number of aryl methyl sites for hydroxylation is 1. The highest BCUT2D eigenvalue weighted by atomic mass is 32.2. The molecule has 4 aromatic carbocycles. The topological polar surface area (TPSA) is 29.5 Å². The molecule has 1 amide bonds. The van der Waals surface area contributed by atoms with Crippen LogP contribution in [0.4, 0.5) is 5.69 Å². The van der Waals surface area contributed by atoms with Gasteiger partial charge in [0, 0.05) is 0 Å². The van der Waals surface area contributed by atoms with Crippen molar-refractivity contribution < 1.29 is 9.53 Å². The summed E-state index contributed by atoms with van der Waals surface area (Å²) in [6, 6.07) is 30.1. The Kier molecular flexibility index (Phi) is 5.99. The van der Waals surface area contributed by atoms with Gasteiger partial charge in [0.2, 0.25) is 0 Å². The van der Waals surface area contributed by atoms with Crippen LogP contribution in [0.15, 0.2) is 95.9 Å². The molecule has 0 bridgehead atoms. The Bertz CT molecular complexity index is 1390. The average Bonchev–Trinajstić information content (AvgIpc) is 3.11. The fourth-order valence-corrected chi connectivity index (χ4v) is 5.15. The molecule has 5 rings (SSSR count). The summed E-state index contributed by atoms with van der Waals surface area (Å²) in [5.41, 5.74) is 3.97. The van der Waals surface area contributed by atoms with E-state index in [9.17, 15) is 4.79 Å². The number of anilines is 1. The number of hydrogen-bond donors (Lipinski definition) is 0. The van der Waals surface area contributed by atoms with Crippen LogP contribution in [-0.4, -0.2) is 10.2 Å². The summed E-state index contributed by atoms with van der Waals surface area (Å²) in [4.78, 5) is 15.2. The standard InChI is InChI=1S/C28H21NO2S2/c1-19-6-4-10-23(16-19)29-27(30)26(33-28(29)32)17-20-12-14-24(15-13-20)31-18-22-9-5-8-21-7-2-3-11-25(21)22/h2-17H,18H2,1H3/b26-17+. The smallest absolute Gasteiger partial charge is 0.270 e.